The number of aryl methyl sites for hydroxylation is 1. The van der Waals surface area contributed by atoms with E-state index in [0.717, 1.165) is 10.9 Å². The Hall–Kier alpha value is -2.10. The van der Waals surface area contributed by atoms with Crippen LogP contribution in [0.1, 0.15) is 25.5 Å². The second-order valence-corrected chi connectivity index (χ2v) is 5.15. The number of benzene rings is 1. The van der Waals surface area contributed by atoms with Gasteiger partial charge in [-0.2, -0.15) is 0 Å². The molecule has 0 aliphatic heterocycles. The van der Waals surface area contributed by atoms with Gasteiger partial charge >= 0.3 is 5.97 Å². The molecule has 19 heavy (non-hydrogen) atoms. The summed E-state index contributed by atoms with van der Waals surface area (Å²) in [7, 11) is 0. The summed E-state index contributed by atoms with van der Waals surface area (Å²) in [6.07, 6.45) is 1.57. The van der Waals surface area contributed by atoms with E-state index in [2.05, 4.69) is 0 Å². The molecule has 1 heterocycles. The average Bonchev–Trinajstić information content (AvgIpc) is 2.31. The number of fused-ring (bicyclic) bond motifs is 1. The second-order valence-electron chi connectivity index (χ2n) is 5.15. The monoisotopic (exact) mass is 259 g/mol. The number of carboxylic acids is 1. The number of carboxylic acid groups (broad SMARTS) is 1. The van der Waals surface area contributed by atoms with Gasteiger partial charge in [0.05, 0.1) is 0 Å². The Bertz CT molecular complexity index is 685. The third-order valence-electron chi connectivity index (χ3n) is 3.27. The zero-order chi connectivity index (χ0) is 14.2. The number of hydrogen-bond acceptors (Lipinski definition) is 2. The van der Waals surface area contributed by atoms with Crippen LogP contribution in [0.25, 0.3) is 10.8 Å². The average molecular weight is 259 g/mol. The molecule has 0 fully saturated rings. The first-order valence-corrected chi connectivity index (χ1v) is 6.26. The van der Waals surface area contributed by atoms with Gasteiger partial charge in [-0.1, -0.05) is 31.5 Å². The first-order valence-electron chi connectivity index (χ1n) is 6.26. The highest BCUT2D eigenvalue weighted by Gasteiger charge is 2.24. The van der Waals surface area contributed by atoms with Crippen LogP contribution >= 0.6 is 0 Å². The van der Waals surface area contributed by atoms with Gasteiger partial charge in [0, 0.05) is 11.6 Å². The molecule has 4 heteroatoms. The van der Waals surface area contributed by atoms with Crippen LogP contribution in [0, 0.1) is 12.8 Å². The molecular weight excluding hydrogens is 242 g/mol. The maximum Gasteiger partial charge on any atom is 0.327 e. The Kier molecular flexibility index (Phi) is 3.42. The third kappa shape index (κ3) is 2.38. The van der Waals surface area contributed by atoms with E-state index >= 15 is 0 Å². The molecule has 0 radical (unpaired) electrons. The molecule has 1 atom stereocenters. The molecule has 0 aliphatic carbocycles. The van der Waals surface area contributed by atoms with Crippen LogP contribution < -0.4 is 5.56 Å². The van der Waals surface area contributed by atoms with Crippen molar-refractivity contribution in [2.75, 3.05) is 0 Å². The molecule has 4 nitrogen and oxygen atoms in total. The van der Waals surface area contributed by atoms with E-state index in [9.17, 15) is 14.7 Å². The van der Waals surface area contributed by atoms with Gasteiger partial charge in [0.1, 0.15) is 6.04 Å². The van der Waals surface area contributed by atoms with E-state index in [1.54, 1.807) is 32.2 Å². The fraction of sp³-hybridized carbons (Fsp3) is 0.333. The molecular formula is C15H17NO3. The molecule has 2 rings (SSSR count). The van der Waals surface area contributed by atoms with E-state index in [4.69, 9.17) is 0 Å². The molecule has 1 N–H and O–H groups in total. The van der Waals surface area contributed by atoms with Crippen molar-refractivity contribution in [3.63, 3.8) is 0 Å². The predicted octanol–water partition coefficient (Wildman–Crippen LogP) is 2.59. The number of rotatable bonds is 3. The van der Waals surface area contributed by atoms with Crippen LogP contribution in [0.3, 0.4) is 0 Å². The molecule has 1 unspecified atom stereocenters. The van der Waals surface area contributed by atoms with E-state index in [1.807, 2.05) is 19.1 Å². The van der Waals surface area contributed by atoms with Crippen LogP contribution in [0.15, 0.2) is 35.3 Å². The van der Waals surface area contributed by atoms with Gasteiger partial charge in [0.2, 0.25) is 0 Å². The van der Waals surface area contributed by atoms with Gasteiger partial charge < -0.3 is 9.67 Å². The van der Waals surface area contributed by atoms with Gasteiger partial charge in [-0.15, -0.1) is 0 Å². The molecule has 2 aromatic rings. The lowest BCUT2D eigenvalue weighted by molar-refractivity contribution is -0.142. The van der Waals surface area contributed by atoms with E-state index in [0.29, 0.717) is 5.39 Å². The van der Waals surface area contributed by atoms with E-state index in [-0.39, 0.29) is 11.5 Å². The SMILES string of the molecule is Cc1ccc2c(=O)n(C(C(=O)O)C(C)C)ccc2c1. The van der Waals surface area contributed by atoms with Crippen LogP contribution in [0.5, 0.6) is 0 Å². The van der Waals surface area contributed by atoms with Gasteiger partial charge in [-0.25, -0.2) is 4.79 Å². The number of aliphatic carboxylic acids is 1. The fourth-order valence-corrected chi connectivity index (χ4v) is 2.33. The van der Waals surface area contributed by atoms with Crippen molar-refractivity contribution in [2.45, 2.75) is 26.8 Å². The Morgan fingerprint density at radius 2 is 1.95 bits per heavy atom. The third-order valence-corrected chi connectivity index (χ3v) is 3.27. The zero-order valence-electron chi connectivity index (χ0n) is 11.3. The minimum absolute atomic E-state index is 0.155. The van der Waals surface area contributed by atoms with E-state index < -0.39 is 12.0 Å². The highest BCUT2D eigenvalue weighted by atomic mass is 16.4. The Morgan fingerprint density at radius 1 is 1.26 bits per heavy atom. The Morgan fingerprint density at radius 3 is 2.53 bits per heavy atom. The molecule has 1 aromatic heterocycles. The van der Waals surface area contributed by atoms with Crippen molar-refractivity contribution in [3.05, 3.63) is 46.4 Å². The van der Waals surface area contributed by atoms with Crippen LogP contribution in [-0.4, -0.2) is 15.6 Å². The van der Waals surface area contributed by atoms with Crippen molar-refractivity contribution in [1.29, 1.82) is 0 Å². The number of aromatic nitrogens is 1. The summed E-state index contributed by atoms with van der Waals surface area (Å²) in [5, 5.41) is 10.7. The maximum atomic E-state index is 12.4. The van der Waals surface area contributed by atoms with Crippen LogP contribution in [0.4, 0.5) is 0 Å². The molecule has 0 aliphatic rings. The molecule has 0 saturated carbocycles. The zero-order valence-corrected chi connectivity index (χ0v) is 11.3. The quantitative estimate of drug-likeness (QED) is 0.921. The summed E-state index contributed by atoms with van der Waals surface area (Å²) in [5.41, 5.74) is 0.821. The molecule has 100 valence electrons. The number of pyridine rings is 1. The summed E-state index contributed by atoms with van der Waals surface area (Å²) < 4.78 is 1.31. The molecule has 0 amide bonds. The first-order chi connectivity index (χ1) is 8.91. The van der Waals surface area contributed by atoms with Crippen molar-refractivity contribution < 1.29 is 9.90 Å². The minimum atomic E-state index is -0.983. The summed E-state index contributed by atoms with van der Waals surface area (Å²) in [6, 6.07) is 6.49. The smallest absolute Gasteiger partial charge is 0.327 e. The summed E-state index contributed by atoms with van der Waals surface area (Å²) in [4.78, 5) is 23.7. The van der Waals surface area contributed by atoms with Crippen LogP contribution in [0.2, 0.25) is 0 Å². The topological polar surface area (TPSA) is 59.3 Å². The van der Waals surface area contributed by atoms with Gasteiger partial charge in [-0.05, 0) is 30.4 Å². The largest absolute Gasteiger partial charge is 0.480 e. The summed E-state index contributed by atoms with van der Waals surface area (Å²) in [6.45, 7) is 5.55. The van der Waals surface area contributed by atoms with Crippen molar-refractivity contribution in [2.24, 2.45) is 5.92 Å². The van der Waals surface area contributed by atoms with Crippen LogP contribution in [-0.2, 0) is 4.79 Å². The maximum absolute atomic E-state index is 12.4. The lowest BCUT2D eigenvalue weighted by Crippen LogP contribution is -2.32. The van der Waals surface area contributed by atoms with Crippen molar-refractivity contribution in [1.82, 2.24) is 4.57 Å². The normalized spacial score (nSPS) is 12.8. The van der Waals surface area contributed by atoms with E-state index in [1.165, 1.54) is 4.57 Å². The summed E-state index contributed by atoms with van der Waals surface area (Å²) >= 11 is 0. The summed E-state index contributed by atoms with van der Waals surface area (Å²) in [5.74, 6) is -1.14. The Labute approximate surface area is 111 Å². The highest BCUT2D eigenvalue weighted by molar-refractivity contribution is 5.82. The minimum Gasteiger partial charge on any atom is -0.480 e. The van der Waals surface area contributed by atoms with Crippen molar-refractivity contribution >= 4 is 16.7 Å². The predicted molar refractivity (Wildman–Crippen MR) is 74.5 cm³/mol. The standard InChI is InChI=1S/C15H17NO3/c1-9(2)13(15(18)19)16-7-6-11-8-10(3)4-5-12(11)14(16)17/h4-9,13H,1-3H3,(H,18,19). The van der Waals surface area contributed by atoms with Crippen molar-refractivity contribution in [3.8, 4) is 0 Å². The molecule has 0 saturated heterocycles. The number of carbonyl (C=O) groups is 1. The number of hydrogen-bond donors (Lipinski definition) is 1. The first kappa shape index (κ1) is 13.3. The fourth-order valence-electron chi connectivity index (χ4n) is 2.33. The van der Waals surface area contributed by atoms with Gasteiger partial charge in [-0.3, -0.25) is 4.79 Å². The lowest BCUT2D eigenvalue weighted by Gasteiger charge is -2.19. The Balaban J connectivity index is 2.69. The number of nitrogens with zero attached hydrogens (tertiary/aromatic N) is 1. The molecule has 1 aromatic carbocycles. The second kappa shape index (κ2) is 4.88. The molecule has 0 spiro atoms. The highest BCUT2D eigenvalue weighted by Crippen LogP contribution is 2.18. The van der Waals surface area contributed by atoms with Gasteiger partial charge in [0.15, 0.2) is 0 Å². The molecule has 0 bridgehead atoms. The lowest BCUT2D eigenvalue weighted by atomic mass is 10.0. The van der Waals surface area contributed by atoms with Gasteiger partial charge in [0.25, 0.3) is 5.56 Å².